The number of benzene rings is 3. The molecule has 0 N–H and O–H groups in total. The third kappa shape index (κ3) is 2.35. The molecule has 3 aromatic rings. The Morgan fingerprint density at radius 3 is 2.07 bits per heavy atom. The van der Waals surface area contributed by atoms with Crippen LogP contribution in [0.15, 0.2) is 66.7 Å². The predicted molar refractivity (Wildman–Crippen MR) is 100 cm³/mol. The Hall–Kier alpha value is -3.47. The lowest BCUT2D eigenvalue weighted by Crippen LogP contribution is -2.30. The van der Waals surface area contributed by atoms with Crippen LogP contribution in [-0.2, 0) is 13.1 Å². The average Bonchev–Trinajstić information content (AvgIpc) is 3.22. The van der Waals surface area contributed by atoms with Crippen molar-refractivity contribution in [2.24, 2.45) is 0 Å². The fraction of sp³-hybridized carbons (Fsp3) is 0.0909. The van der Waals surface area contributed by atoms with Crippen LogP contribution in [0.3, 0.4) is 0 Å². The van der Waals surface area contributed by atoms with Gasteiger partial charge in [0.1, 0.15) is 5.82 Å². The van der Waals surface area contributed by atoms with Crippen LogP contribution in [-0.4, -0.2) is 11.8 Å². The van der Waals surface area contributed by atoms with Crippen molar-refractivity contribution in [2.45, 2.75) is 13.1 Å². The molecule has 2 amide bonds. The summed E-state index contributed by atoms with van der Waals surface area (Å²) in [6.07, 6.45) is 0. The van der Waals surface area contributed by atoms with Gasteiger partial charge in [-0.1, -0.05) is 36.4 Å². The maximum absolute atomic E-state index is 14.1. The molecular formula is C22H15FN2O2. The molecule has 5 heteroatoms. The number of nitrogens with zero attached hydrogens (tertiary/aromatic N) is 2. The number of anilines is 2. The van der Waals surface area contributed by atoms with E-state index in [4.69, 9.17) is 0 Å². The smallest absolute Gasteiger partial charge is 0.266 e. The number of carbonyl (C=O) groups is 2. The van der Waals surface area contributed by atoms with E-state index in [1.165, 1.54) is 29.3 Å². The first kappa shape index (κ1) is 15.8. The highest BCUT2D eigenvalue weighted by molar-refractivity contribution is 6.34. The first-order valence-electron chi connectivity index (χ1n) is 8.72. The van der Waals surface area contributed by atoms with Crippen LogP contribution < -0.4 is 9.80 Å². The van der Waals surface area contributed by atoms with Crippen molar-refractivity contribution < 1.29 is 14.0 Å². The van der Waals surface area contributed by atoms with Crippen molar-refractivity contribution in [3.05, 3.63) is 94.8 Å². The summed E-state index contributed by atoms with van der Waals surface area (Å²) in [7, 11) is 0. The van der Waals surface area contributed by atoms with Gasteiger partial charge in [0.25, 0.3) is 11.8 Å². The first-order chi connectivity index (χ1) is 13.1. The molecule has 0 fully saturated rings. The Labute approximate surface area is 155 Å². The topological polar surface area (TPSA) is 40.6 Å². The van der Waals surface area contributed by atoms with Crippen molar-refractivity contribution in [2.75, 3.05) is 9.80 Å². The molecule has 0 aromatic heterocycles. The Morgan fingerprint density at radius 1 is 0.741 bits per heavy atom. The quantitative estimate of drug-likeness (QED) is 0.646. The molecule has 4 nitrogen and oxygen atoms in total. The van der Waals surface area contributed by atoms with Crippen molar-refractivity contribution >= 4 is 23.2 Å². The zero-order chi connectivity index (χ0) is 18.5. The molecule has 2 heterocycles. The number of rotatable bonds is 2. The lowest BCUT2D eigenvalue weighted by atomic mass is 10.1. The fourth-order valence-corrected chi connectivity index (χ4v) is 3.79. The Balaban J connectivity index is 1.51. The molecule has 5 rings (SSSR count). The number of para-hydroxylation sites is 1. The van der Waals surface area contributed by atoms with Gasteiger partial charge < -0.3 is 4.90 Å². The van der Waals surface area contributed by atoms with Crippen LogP contribution in [0.25, 0.3) is 0 Å². The van der Waals surface area contributed by atoms with E-state index in [-0.39, 0.29) is 5.69 Å². The molecule has 0 radical (unpaired) electrons. The van der Waals surface area contributed by atoms with Crippen LogP contribution in [0.4, 0.5) is 15.8 Å². The largest absolute Gasteiger partial charge is 0.363 e. The molecule has 0 saturated heterocycles. The number of hydrogen-bond donors (Lipinski definition) is 0. The highest BCUT2D eigenvalue weighted by Gasteiger charge is 2.38. The van der Waals surface area contributed by atoms with Gasteiger partial charge in [0.15, 0.2) is 0 Å². The molecule has 3 aromatic carbocycles. The van der Waals surface area contributed by atoms with Crippen molar-refractivity contribution in [3.63, 3.8) is 0 Å². The van der Waals surface area contributed by atoms with Crippen molar-refractivity contribution in [3.8, 4) is 0 Å². The van der Waals surface area contributed by atoms with Crippen LogP contribution in [0, 0.1) is 5.82 Å². The van der Waals surface area contributed by atoms with Gasteiger partial charge >= 0.3 is 0 Å². The van der Waals surface area contributed by atoms with Gasteiger partial charge in [-0.2, -0.15) is 0 Å². The lowest BCUT2D eigenvalue weighted by Gasteiger charge is -2.18. The zero-order valence-electron chi connectivity index (χ0n) is 14.4. The second-order valence-corrected chi connectivity index (χ2v) is 6.75. The number of amides is 2. The van der Waals surface area contributed by atoms with E-state index in [0.717, 1.165) is 23.7 Å². The standard InChI is InChI=1S/C22H15FN2O2/c23-19-7-3-4-8-20(19)25-21(26)17-10-9-16(11-18(17)22(25)27)24-12-14-5-1-2-6-15(14)13-24/h1-11H,12-13H2. The van der Waals surface area contributed by atoms with Crippen LogP contribution in [0.1, 0.15) is 31.8 Å². The summed E-state index contributed by atoms with van der Waals surface area (Å²) in [4.78, 5) is 28.6. The molecule has 0 spiro atoms. The first-order valence-corrected chi connectivity index (χ1v) is 8.72. The third-order valence-electron chi connectivity index (χ3n) is 5.17. The summed E-state index contributed by atoms with van der Waals surface area (Å²) in [5.74, 6) is -1.57. The fourth-order valence-electron chi connectivity index (χ4n) is 3.79. The van der Waals surface area contributed by atoms with Gasteiger partial charge in [-0.05, 0) is 41.5 Å². The summed E-state index contributed by atoms with van der Waals surface area (Å²) in [6, 6.07) is 19.3. The van der Waals surface area contributed by atoms with Crippen LogP contribution >= 0.6 is 0 Å². The minimum absolute atomic E-state index is 0.0150. The van der Waals surface area contributed by atoms with E-state index in [2.05, 4.69) is 17.0 Å². The molecule has 27 heavy (non-hydrogen) atoms. The Bertz CT molecular complexity index is 1080. The van der Waals surface area contributed by atoms with E-state index < -0.39 is 17.6 Å². The second-order valence-electron chi connectivity index (χ2n) is 6.75. The number of halogens is 1. The normalized spacial score (nSPS) is 15.3. The van der Waals surface area contributed by atoms with E-state index in [9.17, 15) is 14.0 Å². The maximum Gasteiger partial charge on any atom is 0.266 e. The molecule has 0 atom stereocenters. The maximum atomic E-state index is 14.1. The SMILES string of the molecule is O=C1c2ccc(N3Cc4ccccc4C3)cc2C(=O)N1c1ccccc1F. The monoisotopic (exact) mass is 358 g/mol. The summed E-state index contributed by atoms with van der Waals surface area (Å²) in [5.41, 5.74) is 4.00. The van der Waals surface area contributed by atoms with Gasteiger partial charge in [-0.3, -0.25) is 9.59 Å². The lowest BCUT2D eigenvalue weighted by molar-refractivity contribution is 0.0925. The van der Waals surface area contributed by atoms with Crippen LogP contribution in [0.2, 0.25) is 0 Å². The summed E-state index contributed by atoms with van der Waals surface area (Å²) >= 11 is 0. The minimum Gasteiger partial charge on any atom is -0.363 e. The number of imide groups is 1. The molecule has 2 aliphatic rings. The minimum atomic E-state index is -0.595. The molecule has 0 aliphatic carbocycles. The van der Waals surface area contributed by atoms with Crippen molar-refractivity contribution in [1.82, 2.24) is 0 Å². The summed E-state index contributed by atoms with van der Waals surface area (Å²) in [6.45, 7) is 1.52. The van der Waals surface area contributed by atoms with E-state index in [0.29, 0.717) is 11.1 Å². The highest BCUT2D eigenvalue weighted by Crippen LogP contribution is 2.34. The van der Waals surface area contributed by atoms with Gasteiger partial charge in [-0.25, -0.2) is 9.29 Å². The van der Waals surface area contributed by atoms with Gasteiger partial charge in [-0.15, -0.1) is 0 Å². The molecule has 2 aliphatic heterocycles. The number of carbonyl (C=O) groups excluding carboxylic acids is 2. The molecule has 0 bridgehead atoms. The molecule has 132 valence electrons. The van der Waals surface area contributed by atoms with Gasteiger partial charge in [0, 0.05) is 18.8 Å². The van der Waals surface area contributed by atoms with E-state index in [1.54, 1.807) is 18.2 Å². The van der Waals surface area contributed by atoms with Gasteiger partial charge in [0.2, 0.25) is 0 Å². The van der Waals surface area contributed by atoms with Crippen molar-refractivity contribution in [1.29, 1.82) is 0 Å². The van der Waals surface area contributed by atoms with E-state index >= 15 is 0 Å². The van der Waals surface area contributed by atoms with Crippen LogP contribution in [0.5, 0.6) is 0 Å². The highest BCUT2D eigenvalue weighted by atomic mass is 19.1. The molecule has 0 unspecified atom stereocenters. The number of hydrogen-bond acceptors (Lipinski definition) is 3. The molecule has 0 saturated carbocycles. The van der Waals surface area contributed by atoms with E-state index in [1.807, 2.05) is 18.2 Å². The predicted octanol–water partition coefficient (Wildman–Crippen LogP) is 4.15. The second kappa shape index (κ2) is 5.77. The average molecular weight is 358 g/mol. The summed E-state index contributed by atoms with van der Waals surface area (Å²) < 4.78 is 14.1. The Morgan fingerprint density at radius 2 is 1.37 bits per heavy atom. The molecular weight excluding hydrogens is 343 g/mol. The van der Waals surface area contributed by atoms with Gasteiger partial charge in [0.05, 0.1) is 16.8 Å². The Kier molecular flexibility index (Phi) is 3.37. The number of fused-ring (bicyclic) bond motifs is 2. The summed E-state index contributed by atoms with van der Waals surface area (Å²) in [5, 5.41) is 0. The zero-order valence-corrected chi connectivity index (χ0v) is 14.4. The third-order valence-corrected chi connectivity index (χ3v) is 5.17.